The van der Waals surface area contributed by atoms with E-state index in [0.29, 0.717) is 6.42 Å². The number of aryl methyl sites for hydroxylation is 1. The maximum absolute atomic E-state index is 5.52. The highest BCUT2D eigenvalue weighted by Gasteiger charge is 2.10. The maximum Gasteiger partial charge on any atom is 0.292 e. The summed E-state index contributed by atoms with van der Waals surface area (Å²) in [6, 6.07) is 5.88. The summed E-state index contributed by atoms with van der Waals surface area (Å²) in [4.78, 5) is 4.04. The van der Waals surface area contributed by atoms with Gasteiger partial charge in [0.05, 0.1) is 19.9 Å². The predicted octanol–water partition coefficient (Wildman–Crippen LogP) is 2.17. The van der Waals surface area contributed by atoms with E-state index in [-0.39, 0.29) is 6.01 Å². The normalized spacial score (nSPS) is 10.4. The van der Waals surface area contributed by atoms with Crippen molar-refractivity contribution in [1.29, 1.82) is 0 Å². The number of nitrogens with two attached hydrogens (primary N) is 1. The molecule has 96 valence electrons. The maximum atomic E-state index is 5.52. The van der Waals surface area contributed by atoms with Gasteiger partial charge in [0.15, 0.2) is 0 Å². The Labute approximate surface area is 106 Å². The topological polar surface area (TPSA) is 70.5 Å². The third-order valence-electron chi connectivity index (χ3n) is 2.69. The van der Waals surface area contributed by atoms with Crippen molar-refractivity contribution in [3.05, 3.63) is 35.2 Å². The van der Waals surface area contributed by atoms with Gasteiger partial charge in [-0.3, -0.25) is 0 Å². The highest BCUT2D eigenvalue weighted by atomic mass is 16.5. The van der Waals surface area contributed by atoms with Crippen LogP contribution in [0, 0.1) is 6.92 Å². The average Bonchev–Trinajstić information content (AvgIpc) is 2.67. The number of nitrogen functional groups attached to an aromatic ring is 1. The van der Waals surface area contributed by atoms with E-state index in [0.717, 1.165) is 28.5 Å². The van der Waals surface area contributed by atoms with Crippen LogP contribution in [0.5, 0.6) is 11.5 Å². The largest absolute Gasteiger partial charge is 0.497 e. The van der Waals surface area contributed by atoms with Gasteiger partial charge in [-0.15, -0.1) is 0 Å². The van der Waals surface area contributed by atoms with Crippen LogP contribution in [0.25, 0.3) is 0 Å². The van der Waals surface area contributed by atoms with Crippen LogP contribution in [0.4, 0.5) is 6.01 Å². The molecular formula is C13H16N2O3. The van der Waals surface area contributed by atoms with E-state index < -0.39 is 0 Å². The lowest BCUT2D eigenvalue weighted by Crippen LogP contribution is -1.93. The van der Waals surface area contributed by atoms with Crippen LogP contribution in [0.1, 0.15) is 17.0 Å². The van der Waals surface area contributed by atoms with Crippen LogP contribution in [-0.4, -0.2) is 19.2 Å². The Morgan fingerprint density at radius 2 is 1.78 bits per heavy atom. The third-order valence-corrected chi connectivity index (χ3v) is 2.69. The fourth-order valence-corrected chi connectivity index (χ4v) is 1.77. The number of anilines is 1. The smallest absolute Gasteiger partial charge is 0.292 e. The molecule has 0 saturated carbocycles. The third kappa shape index (κ3) is 2.56. The van der Waals surface area contributed by atoms with E-state index in [9.17, 15) is 0 Å². The first-order chi connectivity index (χ1) is 8.62. The highest BCUT2D eigenvalue weighted by Crippen LogP contribution is 2.25. The molecule has 1 aromatic carbocycles. The van der Waals surface area contributed by atoms with Gasteiger partial charge < -0.3 is 19.6 Å². The second-order valence-electron chi connectivity index (χ2n) is 3.96. The Morgan fingerprint density at radius 1 is 1.17 bits per heavy atom. The van der Waals surface area contributed by atoms with Gasteiger partial charge in [0.2, 0.25) is 0 Å². The lowest BCUT2D eigenvalue weighted by Gasteiger charge is -2.07. The molecule has 0 saturated heterocycles. The number of aromatic nitrogens is 1. The van der Waals surface area contributed by atoms with Gasteiger partial charge in [-0.25, -0.2) is 0 Å². The molecular weight excluding hydrogens is 232 g/mol. The summed E-state index contributed by atoms with van der Waals surface area (Å²) in [7, 11) is 3.24. The Bertz CT molecular complexity index is 527. The van der Waals surface area contributed by atoms with Crippen molar-refractivity contribution in [1.82, 2.24) is 4.98 Å². The zero-order valence-corrected chi connectivity index (χ0v) is 10.7. The van der Waals surface area contributed by atoms with Gasteiger partial charge in [0.25, 0.3) is 6.01 Å². The van der Waals surface area contributed by atoms with Crippen LogP contribution in [0.2, 0.25) is 0 Å². The van der Waals surface area contributed by atoms with Crippen molar-refractivity contribution in [3.63, 3.8) is 0 Å². The minimum Gasteiger partial charge on any atom is -0.497 e. The van der Waals surface area contributed by atoms with Gasteiger partial charge in [0.1, 0.15) is 17.3 Å². The first-order valence-electron chi connectivity index (χ1n) is 5.56. The predicted molar refractivity (Wildman–Crippen MR) is 68.0 cm³/mol. The Hall–Kier alpha value is -2.17. The van der Waals surface area contributed by atoms with Crippen molar-refractivity contribution in [2.24, 2.45) is 0 Å². The van der Waals surface area contributed by atoms with Crippen molar-refractivity contribution < 1.29 is 13.9 Å². The highest BCUT2D eigenvalue weighted by molar-refractivity contribution is 5.40. The minimum absolute atomic E-state index is 0.192. The quantitative estimate of drug-likeness (QED) is 0.897. The molecule has 0 bridgehead atoms. The fraction of sp³-hybridized carbons (Fsp3) is 0.308. The van der Waals surface area contributed by atoms with Gasteiger partial charge in [0, 0.05) is 12.5 Å². The summed E-state index contributed by atoms with van der Waals surface area (Å²) in [5.41, 5.74) is 7.34. The molecule has 2 N–H and O–H groups in total. The van der Waals surface area contributed by atoms with Crippen LogP contribution < -0.4 is 15.2 Å². The van der Waals surface area contributed by atoms with E-state index >= 15 is 0 Å². The summed E-state index contributed by atoms with van der Waals surface area (Å²) in [6.07, 6.45) is 0.601. The molecule has 0 amide bonds. The number of benzene rings is 1. The number of methoxy groups -OCH3 is 2. The minimum atomic E-state index is 0.192. The second-order valence-corrected chi connectivity index (χ2v) is 3.96. The zero-order chi connectivity index (χ0) is 13.1. The van der Waals surface area contributed by atoms with Crippen molar-refractivity contribution in [3.8, 4) is 11.5 Å². The van der Waals surface area contributed by atoms with E-state index in [1.165, 1.54) is 0 Å². The Kier molecular flexibility index (Phi) is 3.41. The molecule has 2 rings (SSSR count). The molecule has 1 aromatic heterocycles. The monoisotopic (exact) mass is 248 g/mol. The number of oxazole rings is 1. The zero-order valence-electron chi connectivity index (χ0n) is 10.7. The summed E-state index contributed by atoms with van der Waals surface area (Å²) >= 11 is 0. The van der Waals surface area contributed by atoms with E-state index in [2.05, 4.69) is 4.98 Å². The van der Waals surface area contributed by atoms with Crippen LogP contribution >= 0.6 is 0 Å². The molecule has 2 aromatic rings. The number of rotatable bonds is 4. The van der Waals surface area contributed by atoms with Gasteiger partial charge >= 0.3 is 0 Å². The van der Waals surface area contributed by atoms with E-state index in [1.54, 1.807) is 14.2 Å². The Morgan fingerprint density at radius 3 is 2.22 bits per heavy atom. The standard InChI is InChI=1S/C13H16N2O3/c1-8-12(18-13(14)15-8)6-9-4-10(16-2)7-11(5-9)17-3/h4-5,7H,6H2,1-3H3,(H2,14,15). The number of nitrogens with zero attached hydrogens (tertiary/aromatic N) is 1. The first kappa shape index (κ1) is 12.3. The second kappa shape index (κ2) is 5.00. The number of ether oxygens (including phenoxy) is 2. The summed E-state index contributed by atoms with van der Waals surface area (Å²) in [5.74, 6) is 2.24. The molecule has 0 atom stereocenters. The molecule has 0 fully saturated rings. The van der Waals surface area contributed by atoms with Crippen molar-refractivity contribution in [2.75, 3.05) is 20.0 Å². The van der Waals surface area contributed by atoms with Crippen molar-refractivity contribution >= 4 is 6.01 Å². The lowest BCUT2D eigenvalue weighted by molar-refractivity contribution is 0.393. The van der Waals surface area contributed by atoms with Crippen LogP contribution in [0.15, 0.2) is 22.6 Å². The van der Waals surface area contributed by atoms with E-state index in [1.807, 2.05) is 25.1 Å². The molecule has 0 spiro atoms. The van der Waals surface area contributed by atoms with Gasteiger partial charge in [-0.2, -0.15) is 4.98 Å². The molecule has 0 radical (unpaired) electrons. The average molecular weight is 248 g/mol. The molecule has 0 aliphatic heterocycles. The van der Waals surface area contributed by atoms with Crippen LogP contribution in [-0.2, 0) is 6.42 Å². The molecule has 18 heavy (non-hydrogen) atoms. The summed E-state index contributed by atoms with van der Waals surface area (Å²) < 4.78 is 15.8. The molecule has 0 aliphatic rings. The molecule has 0 aliphatic carbocycles. The summed E-state index contributed by atoms with van der Waals surface area (Å²) in [6.45, 7) is 1.87. The fourth-order valence-electron chi connectivity index (χ4n) is 1.77. The van der Waals surface area contributed by atoms with Gasteiger partial charge in [-0.05, 0) is 24.6 Å². The molecule has 5 heteroatoms. The SMILES string of the molecule is COc1cc(Cc2oc(N)nc2C)cc(OC)c1. The number of hydrogen-bond donors (Lipinski definition) is 1. The lowest BCUT2D eigenvalue weighted by atomic mass is 10.1. The molecule has 1 heterocycles. The first-order valence-corrected chi connectivity index (χ1v) is 5.56. The summed E-state index contributed by atoms with van der Waals surface area (Å²) in [5, 5.41) is 0. The molecule has 5 nitrogen and oxygen atoms in total. The molecule has 0 unspecified atom stereocenters. The van der Waals surface area contributed by atoms with E-state index in [4.69, 9.17) is 19.6 Å². The number of hydrogen-bond acceptors (Lipinski definition) is 5. The van der Waals surface area contributed by atoms with Crippen molar-refractivity contribution in [2.45, 2.75) is 13.3 Å². The Balaban J connectivity index is 2.30. The van der Waals surface area contributed by atoms with Gasteiger partial charge in [-0.1, -0.05) is 0 Å². The van der Waals surface area contributed by atoms with Crippen LogP contribution in [0.3, 0.4) is 0 Å².